The predicted octanol–water partition coefficient (Wildman–Crippen LogP) is 1.36. The van der Waals surface area contributed by atoms with Crippen molar-refractivity contribution < 1.29 is 9.84 Å². The highest BCUT2D eigenvalue weighted by molar-refractivity contribution is 5.37. The van der Waals surface area contributed by atoms with Gasteiger partial charge >= 0.3 is 0 Å². The second-order valence-corrected chi connectivity index (χ2v) is 5.28. The zero-order valence-electron chi connectivity index (χ0n) is 11.6. The minimum Gasteiger partial charge on any atom is -0.496 e. The van der Waals surface area contributed by atoms with Gasteiger partial charge in [0, 0.05) is 31.8 Å². The number of aliphatic hydroxyl groups is 1. The van der Waals surface area contributed by atoms with Gasteiger partial charge in [-0.2, -0.15) is 0 Å². The molecule has 1 aromatic rings. The molecule has 1 aliphatic rings. The van der Waals surface area contributed by atoms with Crippen LogP contribution in [0, 0.1) is 5.92 Å². The molecule has 0 aliphatic carbocycles. The molecule has 1 fully saturated rings. The van der Waals surface area contributed by atoms with Crippen LogP contribution in [0.5, 0.6) is 5.75 Å². The molecule has 0 aromatic heterocycles. The first-order valence-electron chi connectivity index (χ1n) is 6.96. The van der Waals surface area contributed by atoms with Crippen molar-refractivity contribution in [3.05, 3.63) is 29.3 Å². The molecule has 2 rings (SSSR count). The highest BCUT2D eigenvalue weighted by atomic mass is 16.5. The van der Waals surface area contributed by atoms with E-state index in [-0.39, 0.29) is 0 Å². The van der Waals surface area contributed by atoms with Gasteiger partial charge in [0.25, 0.3) is 0 Å². The summed E-state index contributed by atoms with van der Waals surface area (Å²) in [6.07, 6.45) is 2.31. The molecule has 3 N–H and O–H groups in total. The lowest BCUT2D eigenvalue weighted by molar-refractivity contribution is 0.116. The average molecular weight is 264 g/mol. The molecular weight excluding hydrogens is 240 g/mol. The van der Waals surface area contributed by atoms with Crippen LogP contribution in [-0.2, 0) is 13.1 Å². The van der Waals surface area contributed by atoms with Crippen LogP contribution >= 0.6 is 0 Å². The van der Waals surface area contributed by atoms with E-state index in [0.29, 0.717) is 19.1 Å². The Balaban J connectivity index is 2.02. The molecule has 1 unspecified atom stereocenters. The standard InChI is InChI=1S/C15H24N2O2/c1-19-15-7-12(4-5-14(15)8-16)9-17-6-2-3-13(10-17)11-18/h4-5,7,13,18H,2-3,6,8-11,16H2,1H3. The van der Waals surface area contributed by atoms with Gasteiger partial charge in [0.1, 0.15) is 5.75 Å². The van der Waals surface area contributed by atoms with Crippen LogP contribution in [-0.4, -0.2) is 36.8 Å². The van der Waals surface area contributed by atoms with Crippen molar-refractivity contribution in [3.8, 4) is 5.75 Å². The topological polar surface area (TPSA) is 58.7 Å². The van der Waals surface area contributed by atoms with Gasteiger partial charge in [-0.05, 0) is 36.9 Å². The normalized spacial score (nSPS) is 20.5. The SMILES string of the molecule is COc1cc(CN2CCCC(CO)C2)ccc1CN. The van der Waals surface area contributed by atoms with Gasteiger partial charge in [0.15, 0.2) is 0 Å². The molecule has 0 bridgehead atoms. The molecule has 0 amide bonds. The van der Waals surface area contributed by atoms with Crippen molar-refractivity contribution in [1.82, 2.24) is 4.90 Å². The number of benzene rings is 1. The number of nitrogens with zero attached hydrogens (tertiary/aromatic N) is 1. The number of nitrogens with two attached hydrogens (primary N) is 1. The third kappa shape index (κ3) is 3.69. The van der Waals surface area contributed by atoms with Gasteiger partial charge in [-0.25, -0.2) is 0 Å². The van der Waals surface area contributed by atoms with Gasteiger partial charge in [-0.1, -0.05) is 12.1 Å². The maximum atomic E-state index is 9.26. The van der Waals surface area contributed by atoms with Crippen LogP contribution in [0.25, 0.3) is 0 Å². The number of aliphatic hydroxyl groups excluding tert-OH is 1. The van der Waals surface area contributed by atoms with E-state index in [4.69, 9.17) is 10.5 Å². The number of hydrogen-bond acceptors (Lipinski definition) is 4. The first kappa shape index (κ1) is 14.3. The third-order valence-corrected chi connectivity index (χ3v) is 3.84. The molecule has 19 heavy (non-hydrogen) atoms. The summed E-state index contributed by atoms with van der Waals surface area (Å²) in [5.41, 5.74) is 7.96. The first-order valence-corrected chi connectivity index (χ1v) is 6.96. The monoisotopic (exact) mass is 264 g/mol. The molecule has 1 atom stereocenters. The number of piperidine rings is 1. The van der Waals surface area contributed by atoms with E-state index in [2.05, 4.69) is 17.0 Å². The van der Waals surface area contributed by atoms with E-state index in [9.17, 15) is 5.11 Å². The fraction of sp³-hybridized carbons (Fsp3) is 0.600. The molecule has 0 radical (unpaired) electrons. The minimum absolute atomic E-state index is 0.298. The highest BCUT2D eigenvalue weighted by Crippen LogP contribution is 2.23. The maximum Gasteiger partial charge on any atom is 0.123 e. The number of rotatable bonds is 5. The Bertz CT molecular complexity index is 409. The third-order valence-electron chi connectivity index (χ3n) is 3.84. The molecular formula is C15H24N2O2. The van der Waals surface area contributed by atoms with Gasteiger partial charge in [-0.3, -0.25) is 4.90 Å². The molecule has 106 valence electrons. The van der Waals surface area contributed by atoms with Gasteiger partial charge in [0.2, 0.25) is 0 Å². The lowest BCUT2D eigenvalue weighted by Gasteiger charge is -2.31. The zero-order valence-corrected chi connectivity index (χ0v) is 11.6. The highest BCUT2D eigenvalue weighted by Gasteiger charge is 2.19. The summed E-state index contributed by atoms with van der Waals surface area (Å²) >= 11 is 0. The summed E-state index contributed by atoms with van der Waals surface area (Å²) in [7, 11) is 1.68. The Hall–Kier alpha value is -1.10. The molecule has 4 nitrogen and oxygen atoms in total. The van der Waals surface area contributed by atoms with E-state index in [1.54, 1.807) is 7.11 Å². The Morgan fingerprint density at radius 3 is 3.00 bits per heavy atom. The summed E-state index contributed by atoms with van der Waals surface area (Å²) in [5, 5.41) is 9.26. The molecule has 1 saturated heterocycles. The lowest BCUT2D eigenvalue weighted by atomic mass is 9.98. The van der Waals surface area contributed by atoms with E-state index in [1.807, 2.05) is 6.07 Å². The first-order chi connectivity index (χ1) is 9.26. The summed E-state index contributed by atoms with van der Waals surface area (Å²) in [5.74, 6) is 1.30. The molecule has 1 aromatic carbocycles. The minimum atomic E-state index is 0.298. The summed E-state index contributed by atoms with van der Waals surface area (Å²) in [6.45, 7) is 3.80. The van der Waals surface area contributed by atoms with E-state index in [1.165, 1.54) is 12.0 Å². The quantitative estimate of drug-likeness (QED) is 0.843. The van der Waals surface area contributed by atoms with Crippen LogP contribution in [0.15, 0.2) is 18.2 Å². The maximum absolute atomic E-state index is 9.26. The Labute approximate surface area is 115 Å². The van der Waals surface area contributed by atoms with Crippen LogP contribution in [0.2, 0.25) is 0 Å². The average Bonchev–Trinajstić information content (AvgIpc) is 2.47. The largest absolute Gasteiger partial charge is 0.496 e. The van der Waals surface area contributed by atoms with Crippen LogP contribution in [0.1, 0.15) is 24.0 Å². The van der Waals surface area contributed by atoms with Crippen LogP contribution < -0.4 is 10.5 Å². The van der Waals surface area contributed by atoms with Crippen LogP contribution in [0.4, 0.5) is 0 Å². The molecule has 0 saturated carbocycles. The lowest BCUT2D eigenvalue weighted by Crippen LogP contribution is -2.36. The summed E-state index contributed by atoms with van der Waals surface area (Å²) < 4.78 is 5.37. The number of hydrogen-bond donors (Lipinski definition) is 2. The number of likely N-dealkylation sites (tertiary alicyclic amines) is 1. The second-order valence-electron chi connectivity index (χ2n) is 5.28. The Morgan fingerprint density at radius 1 is 1.47 bits per heavy atom. The number of ether oxygens (including phenoxy) is 1. The zero-order chi connectivity index (χ0) is 13.7. The Morgan fingerprint density at radius 2 is 2.32 bits per heavy atom. The van der Waals surface area contributed by atoms with Crippen molar-refractivity contribution in [2.45, 2.75) is 25.9 Å². The Kier molecular flexibility index (Phi) is 5.19. The van der Waals surface area contributed by atoms with Crippen molar-refractivity contribution >= 4 is 0 Å². The predicted molar refractivity (Wildman–Crippen MR) is 76.0 cm³/mol. The molecule has 4 heteroatoms. The summed E-state index contributed by atoms with van der Waals surface area (Å²) in [4.78, 5) is 2.40. The van der Waals surface area contributed by atoms with Crippen LogP contribution in [0.3, 0.4) is 0 Å². The smallest absolute Gasteiger partial charge is 0.123 e. The van der Waals surface area contributed by atoms with Crippen molar-refractivity contribution in [2.24, 2.45) is 11.7 Å². The fourth-order valence-electron chi connectivity index (χ4n) is 2.76. The van der Waals surface area contributed by atoms with E-state index < -0.39 is 0 Å². The van der Waals surface area contributed by atoms with E-state index in [0.717, 1.165) is 37.4 Å². The second kappa shape index (κ2) is 6.89. The van der Waals surface area contributed by atoms with Crippen molar-refractivity contribution in [1.29, 1.82) is 0 Å². The van der Waals surface area contributed by atoms with E-state index >= 15 is 0 Å². The molecule has 0 spiro atoms. The molecule has 1 aliphatic heterocycles. The fourth-order valence-corrected chi connectivity index (χ4v) is 2.76. The summed E-state index contributed by atoms with van der Waals surface area (Å²) in [6, 6.07) is 6.24. The number of methoxy groups -OCH3 is 1. The van der Waals surface area contributed by atoms with Gasteiger partial charge in [0.05, 0.1) is 7.11 Å². The van der Waals surface area contributed by atoms with Crippen molar-refractivity contribution in [3.63, 3.8) is 0 Å². The van der Waals surface area contributed by atoms with Crippen molar-refractivity contribution in [2.75, 3.05) is 26.8 Å². The van der Waals surface area contributed by atoms with Gasteiger partial charge < -0.3 is 15.6 Å². The molecule has 1 heterocycles. The van der Waals surface area contributed by atoms with Gasteiger partial charge in [-0.15, -0.1) is 0 Å².